The lowest BCUT2D eigenvalue weighted by molar-refractivity contribution is -0.232. The highest BCUT2D eigenvalue weighted by Crippen LogP contribution is 2.26. The molecule has 3 rings (SSSR count). The number of rotatable bonds is 6. The van der Waals surface area contributed by atoms with Gasteiger partial charge in [0.1, 0.15) is 6.10 Å². The van der Waals surface area contributed by atoms with Crippen LogP contribution in [-0.4, -0.2) is 52.6 Å². The van der Waals surface area contributed by atoms with Crippen molar-refractivity contribution in [2.45, 2.75) is 36.4 Å². The van der Waals surface area contributed by atoms with Crippen molar-refractivity contribution in [3.63, 3.8) is 0 Å². The summed E-state index contributed by atoms with van der Waals surface area (Å²) in [6, 6.07) is 13.6. The molecule has 1 aliphatic rings. The van der Waals surface area contributed by atoms with Crippen molar-refractivity contribution >= 4 is 16.1 Å². The molecule has 156 valence electrons. The molecule has 1 saturated heterocycles. The van der Waals surface area contributed by atoms with E-state index in [0.717, 1.165) is 5.56 Å². The Morgan fingerprint density at radius 2 is 1.72 bits per heavy atom. The number of ether oxygens (including phenoxy) is 3. The number of benzene rings is 2. The van der Waals surface area contributed by atoms with Gasteiger partial charge in [0.25, 0.3) is 10.1 Å². The minimum absolute atomic E-state index is 0.0218. The van der Waals surface area contributed by atoms with Gasteiger partial charge in [-0.25, -0.2) is 4.79 Å². The molecule has 0 spiro atoms. The van der Waals surface area contributed by atoms with Crippen LogP contribution in [0.5, 0.6) is 0 Å². The second-order valence-electron chi connectivity index (χ2n) is 6.67. The molecule has 9 heteroatoms. The normalized spacial score (nSPS) is 24.8. The number of aryl methyl sites for hydroxylation is 1. The summed E-state index contributed by atoms with van der Waals surface area (Å²) in [5.74, 6) is -0.670. The van der Waals surface area contributed by atoms with Gasteiger partial charge in [-0.05, 0) is 31.2 Å². The van der Waals surface area contributed by atoms with E-state index in [1.165, 1.54) is 19.2 Å². The van der Waals surface area contributed by atoms with Crippen LogP contribution < -0.4 is 5.73 Å². The van der Waals surface area contributed by atoms with E-state index < -0.39 is 40.6 Å². The van der Waals surface area contributed by atoms with Gasteiger partial charge in [-0.1, -0.05) is 35.9 Å². The first-order chi connectivity index (χ1) is 13.8. The van der Waals surface area contributed by atoms with E-state index in [9.17, 15) is 13.2 Å². The Labute approximate surface area is 169 Å². The van der Waals surface area contributed by atoms with Crippen LogP contribution in [0.1, 0.15) is 15.9 Å². The monoisotopic (exact) mass is 421 g/mol. The zero-order valence-electron chi connectivity index (χ0n) is 16.1. The van der Waals surface area contributed by atoms with Gasteiger partial charge in [0.2, 0.25) is 0 Å². The number of esters is 1. The molecule has 2 aromatic rings. The minimum Gasteiger partial charge on any atom is -0.450 e. The number of hydrogen-bond donors (Lipinski definition) is 1. The molecule has 0 aliphatic carbocycles. The fourth-order valence-electron chi connectivity index (χ4n) is 2.92. The molecule has 1 heterocycles. The first-order valence-corrected chi connectivity index (χ1v) is 10.4. The molecule has 0 unspecified atom stereocenters. The first kappa shape index (κ1) is 21.4. The predicted octanol–water partition coefficient (Wildman–Crippen LogP) is 1.62. The number of carbonyl (C=O) groups is 1. The molecule has 1 fully saturated rings. The van der Waals surface area contributed by atoms with Gasteiger partial charge in [0, 0.05) is 7.11 Å². The lowest BCUT2D eigenvalue weighted by Gasteiger charge is -2.39. The quantitative estimate of drug-likeness (QED) is 0.553. The van der Waals surface area contributed by atoms with Crippen molar-refractivity contribution in [2.24, 2.45) is 5.73 Å². The van der Waals surface area contributed by atoms with Gasteiger partial charge in [-0.3, -0.25) is 4.18 Å². The van der Waals surface area contributed by atoms with Gasteiger partial charge >= 0.3 is 5.97 Å². The largest absolute Gasteiger partial charge is 0.450 e. The highest BCUT2D eigenvalue weighted by atomic mass is 32.2. The molecule has 8 nitrogen and oxygen atoms in total. The smallest absolute Gasteiger partial charge is 0.338 e. The average Bonchev–Trinajstić information content (AvgIpc) is 2.71. The molecule has 0 saturated carbocycles. The van der Waals surface area contributed by atoms with Gasteiger partial charge < -0.3 is 19.9 Å². The molecular weight excluding hydrogens is 398 g/mol. The molecule has 0 radical (unpaired) electrons. The van der Waals surface area contributed by atoms with Crippen LogP contribution in [0.4, 0.5) is 0 Å². The third-order valence-electron chi connectivity index (χ3n) is 4.50. The van der Waals surface area contributed by atoms with Crippen LogP contribution in [0.2, 0.25) is 0 Å². The van der Waals surface area contributed by atoms with Crippen LogP contribution in [0.15, 0.2) is 59.5 Å². The summed E-state index contributed by atoms with van der Waals surface area (Å²) in [5.41, 5.74) is 7.25. The fourth-order valence-corrected chi connectivity index (χ4v) is 4.04. The standard InChI is InChI=1S/C20H23NO7S/c1-13-8-10-15(11-9-13)29(23,24)28-17-16(21)12-26-20(25-2)18(17)27-19(22)14-6-4-3-5-7-14/h3-11,16-18,20H,12,21H2,1-2H3/t16-,17+,18-,20+/m1/s1. The summed E-state index contributed by atoms with van der Waals surface area (Å²) in [6.07, 6.45) is -3.40. The van der Waals surface area contributed by atoms with Crippen molar-refractivity contribution in [1.82, 2.24) is 0 Å². The van der Waals surface area contributed by atoms with Crippen molar-refractivity contribution in [2.75, 3.05) is 13.7 Å². The topological polar surface area (TPSA) is 114 Å². The third-order valence-corrected chi connectivity index (χ3v) is 5.82. The molecule has 2 N–H and O–H groups in total. The zero-order valence-corrected chi connectivity index (χ0v) is 16.9. The number of methoxy groups -OCH3 is 1. The Bertz CT molecular complexity index is 931. The van der Waals surface area contributed by atoms with E-state index in [1.54, 1.807) is 42.5 Å². The van der Waals surface area contributed by atoms with E-state index in [0.29, 0.717) is 5.56 Å². The highest BCUT2D eigenvalue weighted by molar-refractivity contribution is 7.86. The maximum absolute atomic E-state index is 12.8. The predicted molar refractivity (Wildman–Crippen MR) is 104 cm³/mol. The molecule has 29 heavy (non-hydrogen) atoms. The summed E-state index contributed by atoms with van der Waals surface area (Å²) >= 11 is 0. The number of carbonyl (C=O) groups excluding carboxylic acids is 1. The lowest BCUT2D eigenvalue weighted by Crippen LogP contribution is -2.59. The van der Waals surface area contributed by atoms with Crippen molar-refractivity contribution < 1.29 is 31.6 Å². The van der Waals surface area contributed by atoms with E-state index in [-0.39, 0.29) is 11.5 Å². The Morgan fingerprint density at radius 3 is 2.34 bits per heavy atom. The molecule has 2 aromatic carbocycles. The fraction of sp³-hybridized carbons (Fsp3) is 0.350. The summed E-state index contributed by atoms with van der Waals surface area (Å²) in [7, 11) is -2.80. The molecule has 0 bridgehead atoms. The highest BCUT2D eigenvalue weighted by Gasteiger charge is 2.45. The SMILES string of the molecule is CO[C@H]1OC[C@@H](N)[C@H](OS(=O)(=O)c2ccc(C)cc2)[C@H]1OC(=O)c1ccccc1. The van der Waals surface area contributed by atoms with E-state index in [4.69, 9.17) is 24.1 Å². The van der Waals surface area contributed by atoms with Gasteiger partial charge in [0.15, 0.2) is 12.4 Å². The van der Waals surface area contributed by atoms with Crippen molar-refractivity contribution in [1.29, 1.82) is 0 Å². The molecular formula is C20H23NO7S. The van der Waals surface area contributed by atoms with Crippen LogP contribution in [0, 0.1) is 6.92 Å². The number of nitrogens with two attached hydrogens (primary N) is 1. The Balaban J connectivity index is 1.86. The maximum Gasteiger partial charge on any atom is 0.338 e. The molecule has 0 aromatic heterocycles. The number of hydrogen-bond acceptors (Lipinski definition) is 8. The lowest BCUT2D eigenvalue weighted by atomic mass is 10.0. The van der Waals surface area contributed by atoms with Crippen LogP contribution >= 0.6 is 0 Å². The molecule has 1 aliphatic heterocycles. The minimum atomic E-state index is -4.16. The first-order valence-electron chi connectivity index (χ1n) is 8.98. The summed E-state index contributed by atoms with van der Waals surface area (Å²) in [4.78, 5) is 12.5. The van der Waals surface area contributed by atoms with E-state index >= 15 is 0 Å². The van der Waals surface area contributed by atoms with Crippen LogP contribution in [-0.2, 0) is 28.5 Å². The van der Waals surface area contributed by atoms with Crippen molar-refractivity contribution in [3.8, 4) is 0 Å². The average molecular weight is 421 g/mol. The van der Waals surface area contributed by atoms with Gasteiger partial charge in [-0.2, -0.15) is 8.42 Å². The van der Waals surface area contributed by atoms with E-state index in [1.807, 2.05) is 6.92 Å². The zero-order chi connectivity index (χ0) is 21.0. The van der Waals surface area contributed by atoms with Gasteiger partial charge in [-0.15, -0.1) is 0 Å². The molecule has 4 atom stereocenters. The summed E-state index contributed by atoms with van der Waals surface area (Å²) < 4.78 is 47.1. The van der Waals surface area contributed by atoms with Gasteiger partial charge in [0.05, 0.1) is 23.1 Å². The molecule has 0 amide bonds. The third kappa shape index (κ3) is 5.01. The maximum atomic E-state index is 12.8. The summed E-state index contributed by atoms with van der Waals surface area (Å²) in [5, 5.41) is 0. The Kier molecular flexibility index (Phi) is 6.66. The van der Waals surface area contributed by atoms with Crippen LogP contribution in [0.3, 0.4) is 0 Å². The van der Waals surface area contributed by atoms with E-state index in [2.05, 4.69) is 0 Å². The second kappa shape index (κ2) is 9.02. The summed E-state index contributed by atoms with van der Waals surface area (Å²) in [6.45, 7) is 1.82. The Morgan fingerprint density at radius 1 is 1.07 bits per heavy atom. The van der Waals surface area contributed by atoms with Crippen molar-refractivity contribution in [3.05, 3.63) is 65.7 Å². The Hall–Kier alpha value is -2.30. The van der Waals surface area contributed by atoms with Crippen LogP contribution in [0.25, 0.3) is 0 Å². The second-order valence-corrected chi connectivity index (χ2v) is 8.24.